The van der Waals surface area contributed by atoms with Gasteiger partial charge in [0.25, 0.3) is 0 Å². The van der Waals surface area contributed by atoms with E-state index in [4.69, 9.17) is 18.6 Å². The summed E-state index contributed by atoms with van der Waals surface area (Å²) in [6.07, 6.45) is 6.16. The summed E-state index contributed by atoms with van der Waals surface area (Å²) in [6, 6.07) is 5.44. The third-order valence-corrected chi connectivity index (χ3v) is 4.13. The molecule has 2 rings (SSSR count). The normalized spacial score (nSPS) is 11.6. The Balaban J connectivity index is 2.32. The van der Waals surface area contributed by atoms with Gasteiger partial charge in [-0.25, -0.2) is 4.79 Å². The van der Waals surface area contributed by atoms with Crippen LogP contribution in [0.5, 0.6) is 17.2 Å². The maximum Gasteiger partial charge on any atom is 0.383 e. The van der Waals surface area contributed by atoms with Gasteiger partial charge in [0.05, 0.1) is 18.6 Å². The first-order valence-corrected chi connectivity index (χ1v) is 9.55. The summed E-state index contributed by atoms with van der Waals surface area (Å²) < 4.78 is 22.4. The maximum atomic E-state index is 12.4. The van der Waals surface area contributed by atoms with Crippen LogP contribution in [0.15, 0.2) is 50.7 Å². The number of fused-ring (bicyclic) bond motifs is 1. The van der Waals surface area contributed by atoms with E-state index in [0.717, 1.165) is 12.8 Å². The van der Waals surface area contributed by atoms with Crippen LogP contribution in [0.2, 0.25) is 0 Å². The molecule has 1 heterocycles. The Morgan fingerprint density at radius 3 is 2.54 bits per heavy atom. The van der Waals surface area contributed by atoms with Gasteiger partial charge < -0.3 is 18.6 Å². The summed E-state index contributed by atoms with van der Waals surface area (Å²) in [5, 5.41) is 0.644. The first kappa shape index (κ1) is 21.6. The van der Waals surface area contributed by atoms with Crippen LogP contribution in [0, 0.1) is 0 Å². The van der Waals surface area contributed by atoms with Gasteiger partial charge in [-0.15, -0.1) is 0 Å². The minimum Gasteiger partial charge on any atom is -0.487 e. The summed E-state index contributed by atoms with van der Waals surface area (Å²) in [4.78, 5) is 12.4. The van der Waals surface area contributed by atoms with Gasteiger partial charge in [-0.2, -0.15) is 0 Å². The lowest BCUT2D eigenvalue weighted by atomic mass is 10.1. The van der Waals surface area contributed by atoms with E-state index in [0.29, 0.717) is 29.1 Å². The topological polar surface area (TPSA) is 57.9 Å². The zero-order valence-corrected chi connectivity index (χ0v) is 17.6. The van der Waals surface area contributed by atoms with Crippen molar-refractivity contribution in [1.82, 2.24) is 0 Å². The highest BCUT2D eigenvalue weighted by molar-refractivity contribution is 5.89. The predicted molar refractivity (Wildman–Crippen MR) is 113 cm³/mol. The summed E-state index contributed by atoms with van der Waals surface area (Å²) >= 11 is 0. The van der Waals surface area contributed by atoms with E-state index in [1.165, 1.54) is 18.3 Å². The van der Waals surface area contributed by atoms with Gasteiger partial charge in [-0.1, -0.05) is 23.3 Å². The van der Waals surface area contributed by atoms with E-state index in [9.17, 15) is 4.79 Å². The number of para-hydroxylation sites is 1. The van der Waals surface area contributed by atoms with Gasteiger partial charge in [-0.05, 0) is 65.7 Å². The Bertz CT molecular complexity index is 914. The molecule has 1 aromatic carbocycles. The molecule has 0 radical (unpaired) electrons. The fraction of sp³-hybridized carbons (Fsp3) is 0.435. The molecule has 0 aliphatic rings. The number of methoxy groups -OCH3 is 1. The van der Waals surface area contributed by atoms with Crippen LogP contribution in [0.1, 0.15) is 47.5 Å². The number of rotatable bonds is 9. The minimum atomic E-state index is -0.589. The molecule has 0 aliphatic carbocycles. The standard InChI is InChI=1S/C23H30O5/c1-15(2)9-7-10-17(5)13-14-26-21-18-11-8-12-19(27-16(3)4)20(18)28-23(24)22(21)25-6/h8-9,11-13,16H,7,10,14H2,1-6H3. The van der Waals surface area contributed by atoms with Crippen LogP contribution in [0.3, 0.4) is 0 Å². The van der Waals surface area contributed by atoms with Crippen molar-refractivity contribution in [3.8, 4) is 17.2 Å². The zero-order chi connectivity index (χ0) is 20.7. The van der Waals surface area contributed by atoms with Crippen LogP contribution in [-0.2, 0) is 0 Å². The molecule has 0 fully saturated rings. The number of ether oxygens (including phenoxy) is 3. The van der Waals surface area contributed by atoms with E-state index >= 15 is 0 Å². The monoisotopic (exact) mass is 386 g/mol. The highest BCUT2D eigenvalue weighted by atomic mass is 16.5. The molecule has 0 saturated heterocycles. The number of allylic oxidation sites excluding steroid dienone is 3. The third kappa shape index (κ3) is 5.65. The van der Waals surface area contributed by atoms with Gasteiger partial charge >= 0.3 is 5.63 Å². The summed E-state index contributed by atoms with van der Waals surface area (Å²) in [5.41, 5.74) is 2.32. The van der Waals surface area contributed by atoms with Crippen molar-refractivity contribution in [1.29, 1.82) is 0 Å². The molecule has 5 nitrogen and oxygen atoms in total. The largest absolute Gasteiger partial charge is 0.487 e. The lowest BCUT2D eigenvalue weighted by molar-refractivity contribution is 0.240. The molecule has 152 valence electrons. The molecule has 1 aromatic heterocycles. The predicted octanol–water partition coefficient (Wildman–Crippen LogP) is 5.66. The van der Waals surface area contributed by atoms with E-state index in [1.807, 2.05) is 32.1 Å². The number of benzene rings is 1. The smallest absolute Gasteiger partial charge is 0.383 e. The first-order valence-electron chi connectivity index (χ1n) is 9.55. The molecule has 0 unspecified atom stereocenters. The number of hydrogen-bond acceptors (Lipinski definition) is 5. The fourth-order valence-corrected chi connectivity index (χ4v) is 2.78. The highest BCUT2D eigenvalue weighted by Crippen LogP contribution is 2.37. The zero-order valence-electron chi connectivity index (χ0n) is 17.6. The molecule has 0 N–H and O–H groups in total. The molecular formula is C23H30O5. The summed E-state index contributed by atoms with van der Waals surface area (Å²) in [5.74, 6) is 0.937. The lowest BCUT2D eigenvalue weighted by Crippen LogP contribution is -2.10. The van der Waals surface area contributed by atoms with Crippen molar-refractivity contribution in [2.75, 3.05) is 13.7 Å². The highest BCUT2D eigenvalue weighted by Gasteiger charge is 2.19. The molecule has 0 bridgehead atoms. The molecule has 0 saturated carbocycles. The van der Waals surface area contributed by atoms with Crippen molar-refractivity contribution >= 4 is 11.0 Å². The van der Waals surface area contributed by atoms with E-state index in [1.54, 1.807) is 6.07 Å². The Kier molecular flexibility index (Phi) is 7.73. The van der Waals surface area contributed by atoms with E-state index < -0.39 is 5.63 Å². The summed E-state index contributed by atoms with van der Waals surface area (Å²) in [6.45, 7) is 10.4. The van der Waals surface area contributed by atoms with Crippen molar-refractivity contribution in [3.63, 3.8) is 0 Å². The Hall–Kier alpha value is -2.69. The Morgan fingerprint density at radius 1 is 1.14 bits per heavy atom. The lowest BCUT2D eigenvalue weighted by Gasteiger charge is -2.14. The molecule has 0 atom stereocenters. The summed E-state index contributed by atoms with van der Waals surface area (Å²) in [7, 11) is 1.43. The molecular weight excluding hydrogens is 356 g/mol. The van der Waals surface area contributed by atoms with Crippen LogP contribution in [0.25, 0.3) is 11.0 Å². The second kappa shape index (κ2) is 10.0. The van der Waals surface area contributed by atoms with Crippen molar-refractivity contribution in [3.05, 3.63) is 51.9 Å². The minimum absolute atomic E-state index is 0.0474. The van der Waals surface area contributed by atoms with Gasteiger partial charge in [-0.3, -0.25) is 0 Å². The molecule has 0 spiro atoms. The van der Waals surface area contributed by atoms with Crippen LogP contribution < -0.4 is 19.8 Å². The average molecular weight is 386 g/mol. The quantitative estimate of drug-likeness (QED) is 0.411. The number of hydrogen-bond donors (Lipinski definition) is 0. The molecule has 0 aliphatic heterocycles. The van der Waals surface area contributed by atoms with Crippen molar-refractivity contribution in [2.45, 2.75) is 53.6 Å². The maximum absolute atomic E-state index is 12.4. The van der Waals surface area contributed by atoms with Crippen molar-refractivity contribution in [2.24, 2.45) is 0 Å². The average Bonchev–Trinajstić information content (AvgIpc) is 2.61. The Labute approximate surface area is 166 Å². The second-order valence-corrected chi connectivity index (χ2v) is 7.23. The van der Waals surface area contributed by atoms with Crippen LogP contribution in [0.4, 0.5) is 0 Å². The van der Waals surface area contributed by atoms with E-state index in [-0.39, 0.29) is 11.9 Å². The SMILES string of the molecule is COc1c(OCC=C(C)CCC=C(C)C)c2cccc(OC(C)C)c2oc1=O. The van der Waals surface area contributed by atoms with Crippen LogP contribution >= 0.6 is 0 Å². The Morgan fingerprint density at radius 2 is 1.89 bits per heavy atom. The fourth-order valence-electron chi connectivity index (χ4n) is 2.78. The van der Waals surface area contributed by atoms with Gasteiger partial charge in [0.2, 0.25) is 5.75 Å². The van der Waals surface area contributed by atoms with Gasteiger partial charge in [0.1, 0.15) is 6.61 Å². The van der Waals surface area contributed by atoms with Crippen molar-refractivity contribution < 1.29 is 18.6 Å². The van der Waals surface area contributed by atoms with Crippen LogP contribution in [-0.4, -0.2) is 19.8 Å². The molecule has 5 heteroatoms. The molecule has 28 heavy (non-hydrogen) atoms. The first-order chi connectivity index (χ1) is 13.3. The molecule has 0 amide bonds. The van der Waals surface area contributed by atoms with Gasteiger partial charge in [0.15, 0.2) is 17.1 Å². The molecule has 2 aromatic rings. The van der Waals surface area contributed by atoms with Gasteiger partial charge in [0, 0.05) is 0 Å². The third-order valence-electron chi connectivity index (χ3n) is 4.13. The van der Waals surface area contributed by atoms with E-state index in [2.05, 4.69) is 26.8 Å². The second-order valence-electron chi connectivity index (χ2n) is 7.23.